The van der Waals surface area contributed by atoms with Crippen molar-refractivity contribution in [3.63, 3.8) is 0 Å². The van der Waals surface area contributed by atoms with Crippen LogP contribution in [-0.4, -0.2) is 34.7 Å². The average Bonchev–Trinajstić information content (AvgIpc) is 2.09. The number of rotatable bonds is 3. The molecule has 0 aromatic heterocycles. The molecule has 17 heavy (non-hydrogen) atoms. The van der Waals surface area contributed by atoms with Crippen LogP contribution in [0.4, 0.5) is 0 Å². The molecule has 0 aromatic rings. The van der Waals surface area contributed by atoms with E-state index in [2.05, 4.69) is 46.6 Å². The Morgan fingerprint density at radius 3 is 2.12 bits per heavy atom. The third-order valence-corrected chi connectivity index (χ3v) is 45.8. The molecule has 5 heteroatoms. The maximum absolute atomic E-state index is 6.69. The van der Waals surface area contributed by atoms with Gasteiger partial charge in [-0.05, 0) is 45.4 Å². The second kappa shape index (κ2) is 4.59. The summed E-state index contributed by atoms with van der Waals surface area (Å²) in [5, 5.41) is 0. The van der Waals surface area contributed by atoms with Gasteiger partial charge in [-0.1, -0.05) is 26.2 Å². The third kappa shape index (κ3) is 2.78. The zero-order valence-electron chi connectivity index (χ0n) is 12.8. The van der Waals surface area contributed by atoms with Gasteiger partial charge in [-0.2, -0.15) is 0 Å². The molecule has 1 saturated heterocycles. The molecule has 0 saturated carbocycles. The fraction of sp³-hybridized carbons (Fsp3) is 1.00. The molecule has 2 N–H and O–H groups in total. The predicted octanol–water partition coefficient (Wildman–Crippen LogP) is 3.29. The number of hydrogen-bond acceptors (Lipinski definition) is 2. The van der Waals surface area contributed by atoms with E-state index in [9.17, 15) is 0 Å². The Morgan fingerprint density at radius 2 is 1.65 bits per heavy atom. The molecule has 1 fully saturated rings. The fourth-order valence-electron chi connectivity index (χ4n) is 3.58. The van der Waals surface area contributed by atoms with Crippen molar-refractivity contribution in [3.8, 4) is 0 Å². The number of nitrogens with two attached hydrogens (primary N) is 1. The summed E-state index contributed by atoms with van der Waals surface area (Å²) in [6.45, 7) is 18.4. The van der Waals surface area contributed by atoms with E-state index < -0.39 is 22.5 Å². The minimum Gasteiger partial charge on any atom is -0.415 e. The highest BCUT2D eigenvalue weighted by atomic mass is 29.6. The first kappa shape index (κ1) is 15.6. The molecule has 102 valence electrons. The van der Waals surface area contributed by atoms with Gasteiger partial charge in [0.05, 0.1) is 7.11 Å². The first-order valence-electron chi connectivity index (χ1n) is 6.88. The summed E-state index contributed by atoms with van der Waals surface area (Å²) in [5.74, 6) is 0. The van der Waals surface area contributed by atoms with E-state index in [1.807, 2.05) is 0 Å². The second-order valence-electron chi connectivity index (χ2n) is 7.67. The Kier molecular flexibility index (Phi) is 4.22. The Morgan fingerprint density at radius 1 is 1.12 bits per heavy atom. The molecule has 1 unspecified atom stereocenters. The number of hydrogen-bond donors (Lipinski definition) is 1. The van der Waals surface area contributed by atoms with Crippen LogP contribution in [0, 0.1) is 0 Å². The summed E-state index contributed by atoms with van der Waals surface area (Å²) in [6.07, 6.45) is 1.15. The molecule has 0 aromatic carbocycles. The van der Waals surface area contributed by atoms with Crippen LogP contribution in [0.1, 0.15) is 20.3 Å². The van der Waals surface area contributed by atoms with Crippen LogP contribution in [-0.2, 0) is 4.43 Å². The quantitative estimate of drug-likeness (QED) is 0.809. The van der Waals surface area contributed by atoms with Crippen LogP contribution in [0.2, 0.25) is 44.8 Å². The van der Waals surface area contributed by atoms with E-state index in [1.54, 1.807) is 0 Å². The summed E-state index contributed by atoms with van der Waals surface area (Å²) in [7, 11) is -3.84. The van der Waals surface area contributed by atoms with Gasteiger partial charge in [-0.15, -0.1) is 0 Å². The van der Waals surface area contributed by atoms with Crippen molar-refractivity contribution in [3.05, 3.63) is 0 Å². The van der Waals surface area contributed by atoms with Gasteiger partial charge in [-0.25, -0.2) is 0 Å². The molecular weight excluding hydrogens is 258 g/mol. The minimum atomic E-state index is -1.54. The van der Waals surface area contributed by atoms with Crippen LogP contribution in [0.25, 0.3) is 0 Å². The Labute approximate surface area is 110 Å². The maximum atomic E-state index is 6.69. The van der Waals surface area contributed by atoms with E-state index in [1.165, 1.54) is 12.1 Å². The molecule has 0 aliphatic carbocycles. The van der Waals surface area contributed by atoms with Gasteiger partial charge in [0.15, 0.2) is 7.83 Å². The van der Waals surface area contributed by atoms with Gasteiger partial charge in [0, 0.05) is 13.2 Å². The molecular formula is C12H31NOSi3. The molecule has 1 rings (SSSR count). The minimum absolute atomic E-state index is 0.119. The van der Waals surface area contributed by atoms with E-state index in [-0.39, 0.29) is 5.60 Å². The van der Waals surface area contributed by atoms with Gasteiger partial charge in [0.1, 0.15) is 0 Å². The maximum Gasteiger partial charge on any atom is 0.175 e. The largest absolute Gasteiger partial charge is 0.415 e. The molecule has 1 aliphatic rings. The molecule has 0 radical (unpaired) electrons. The molecule has 1 atom stereocenters. The average molecular weight is 290 g/mol. The van der Waals surface area contributed by atoms with E-state index in [0.29, 0.717) is 0 Å². The molecule has 2 nitrogen and oxygen atoms in total. The molecule has 1 heterocycles. The lowest BCUT2D eigenvalue weighted by Crippen LogP contribution is -2.78. The van der Waals surface area contributed by atoms with E-state index in [0.717, 1.165) is 13.0 Å². The fourth-order valence-corrected chi connectivity index (χ4v) is 37.1. The van der Waals surface area contributed by atoms with Gasteiger partial charge in [0.2, 0.25) is 0 Å². The first-order chi connectivity index (χ1) is 7.47. The first-order valence-corrected chi connectivity index (χ1v) is 17.7. The van der Waals surface area contributed by atoms with Crippen LogP contribution >= 0.6 is 0 Å². The lowest BCUT2D eigenvalue weighted by atomic mass is 10.2. The van der Waals surface area contributed by atoms with Crippen molar-refractivity contribution in [1.82, 2.24) is 0 Å². The summed E-state index contributed by atoms with van der Waals surface area (Å²) in [5.41, 5.74) is 5.84. The summed E-state index contributed by atoms with van der Waals surface area (Å²) >= 11 is 0. The molecule has 0 spiro atoms. The van der Waals surface area contributed by atoms with Crippen molar-refractivity contribution in [2.75, 3.05) is 6.54 Å². The van der Waals surface area contributed by atoms with Gasteiger partial charge < -0.3 is 10.2 Å². The van der Waals surface area contributed by atoms with Crippen molar-refractivity contribution in [2.24, 2.45) is 5.73 Å². The van der Waals surface area contributed by atoms with E-state index in [4.69, 9.17) is 10.2 Å². The lowest BCUT2D eigenvalue weighted by molar-refractivity contribution is 0.120. The zero-order valence-corrected chi connectivity index (χ0v) is 15.8. The van der Waals surface area contributed by atoms with Crippen LogP contribution in [0.5, 0.6) is 0 Å². The summed E-state index contributed by atoms with van der Waals surface area (Å²) < 4.78 is 6.69. The van der Waals surface area contributed by atoms with Gasteiger partial charge >= 0.3 is 0 Å². The summed E-state index contributed by atoms with van der Waals surface area (Å²) in [4.78, 5) is 0. The van der Waals surface area contributed by atoms with Crippen LogP contribution < -0.4 is 5.73 Å². The monoisotopic (exact) mass is 289 g/mol. The molecule has 1 aliphatic heterocycles. The topological polar surface area (TPSA) is 35.2 Å². The highest BCUT2D eigenvalue weighted by Gasteiger charge is 2.61. The zero-order chi connectivity index (χ0) is 13.5. The third-order valence-electron chi connectivity index (χ3n) is 5.24. The standard InChI is InChI=1S/C12H31NOSi3/c1-12(2)11-15(3,4)16(5,6)17(7,14-12)10-8-9-13/h8-11,13H2,1-7H3. The Hall–Kier alpha value is 0.571. The SMILES string of the molecule is CC1(C)C[Si](C)(C)[Si](C)(C)[Si](C)(CCCN)O1. The smallest absolute Gasteiger partial charge is 0.175 e. The lowest BCUT2D eigenvalue weighted by Gasteiger charge is -2.59. The van der Waals surface area contributed by atoms with Crippen molar-refractivity contribution >= 4 is 22.5 Å². The van der Waals surface area contributed by atoms with Crippen molar-refractivity contribution in [2.45, 2.75) is 70.7 Å². The van der Waals surface area contributed by atoms with Gasteiger partial charge in [-0.3, -0.25) is 0 Å². The molecule has 0 bridgehead atoms. The van der Waals surface area contributed by atoms with Crippen LogP contribution in [0.15, 0.2) is 0 Å². The highest BCUT2D eigenvalue weighted by molar-refractivity contribution is 7.67. The summed E-state index contributed by atoms with van der Waals surface area (Å²) in [6, 6.07) is 2.62. The predicted molar refractivity (Wildman–Crippen MR) is 85.0 cm³/mol. The second-order valence-corrected chi connectivity index (χ2v) is 34.4. The van der Waals surface area contributed by atoms with Crippen LogP contribution in [0.3, 0.4) is 0 Å². The van der Waals surface area contributed by atoms with E-state index >= 15 is 0 Å². The van der Waals surface area contributed by atoms with Crippen molar-refractivity contribution in [1.29, 1.82) is 0 Å². The molecule has 0 amide bonds. The Bertz CT molecular complexity index is 291. The van der Waals surface area contributed by atoms with Gasteiger partial charge in [0.25, 0.3) is 0 Å². The highest BCUT2D eigenvalue weighted by Crippen LogP contribution is 2.45. The Balaban J connectivity index is 3.08. The normalized spacial score (nSPS) is 34.6. The van der Waals surface area contributed by atoms with Crippen molar-refractivity contribution < 1.29 is 4.43 Å².